The molecule has 26 heavy (non-hydrogen) atoms. The first kappa shape index (κ1) is 16.8. The molecule has 4 rings (SSSR count). The molecule has 0 aromatic heterocycles. The Morgan fingerprint density at radius 3 is 2.69 bits per heavy atom. The van der Waals surface area contributed by atoms with Gasteiger partial charge in [0.15, 0.2) is 0 Å². The molecule has 0 atom stereocenters. The first-order chi connectivity index (χ1) is 12.7. The van der Waals surface area contributed by atoms with Gasteiger partial charge in [0.2, 0.25) is 0 Å². The van der Waals surface area contributed by atoms with E-state index in [0.29, 0.717) is 5.57 Å². The topological polar surface area (TPSA) is 53.6 Å². The van der Waals surface area contributed by atoms with Crippen molar-refractivity contribution in [2.45, 2.75) is 13.5 Å². The molecule has 2 aliphatic heterocycles. The fourth-order valence-corrected chi connectivity index (χ4v) is 3.45. The Balaban J connectivity index is 1.45. The maximum absolute atomic E-state index is 12.2. The fourth-order valence-electron chi connectivity index (χ4n) is 3.45. The monoisotopic (exact) mass is 349 g/mol. The largest absolute Gasteiger partial charge is 0.379 e. The van der Waals surface area contributed by atoms with Gasteiger partial charge in [0.05, 0.1) is 18.8 Å². The second-order valence-electron chi connectivity index (χ2n) is 6.74. The van der Waals surface area contributed by atoms with Crippen LogP contribution in [-0.4, -0.2) is 37.1 Å². The molecule has 0 unspecified atom stereocenters. The van der Waals surface area contributed by atoms with Gasteiger partial charge < -0.3 is 15.4 Å². The van der Waals surface area contributed by atoms with Gasteiger partial charge in [-0.2, -0.15) is 0 Å². The zero-order valence-corrected chi connectivity index (χ0v) is 14.9. The summed E-state index contributed by atoms with van der Waals surface area (Å²) in [6.07, 6.45) is 1.80. The van der Waals surface area contributed by atoms with Crippen LogP contribution in [0.15, 0.2) is 48.7 Å². The van der Waals surface area contributed by atoms with Crippen LogP contribution in [0.5, 0.6) is 0 Å². The van der Waals surface area contributed by atoms with Crippen LogP contribution in [0, 0.1) is 6.92 Å². The number of morpholine rings is 1. The molecular weight excluding hydrogens is 326 g/mol. The van der Waals surface area contributed by atoms with Crippen molar-refractivity contribution in [3.05, 3.63) is 65.4 Å². The molecule has 1 fully saturated rings. The van der Waals surface area contributed by atoms with E-state index in [1.165, 1.54) is 5.56 Å². The predicted octanol–water partition coefficient (Wildman–Crippen LogP) is 3.23. The summed E-state index contributed by atoms with van der Waals surface area (Å²) in [5, 5.41) is 6.18. The van der Waals surface area contributed by atoms with E-state index in [1.807, 2.05) is 25.1 Å². The van der Waals surface area contributed by atoms with Gasteiger partial charge >= 0.3 is 0 Å². The van der Waals surface area contributed by atoms with Crippen LogP contribution >= 0.6 is 0 Å². The highest BCUT2D eigenvalue weighted by Crippen LogP contribution is 2.34. The number of ether oxygens (including phenoxy) is 1. The summed E-state index contributed by atoms with van der Waals surface area (Å²) in [6.45, 7) is 6.57. The first-order valence-corrected chi connectivity index (χ1v) is 8.98. The lowest BCUT2D eigenvalue weighted by Gasteiger charge is -2.26. The summed E-state index contributed by atoms with van der Waals surface area (Å²) in [4.78, 5) is 14.6. The van der Waals surface area contributed by atoms with Crippen LogP contribution in [0.1, 0.15) is 16.7 Å². The van der Waals surface area contributed by atoms with Crippen molar-refractivity contribution in [3.63, 3.8) is 0 Å². The average molecular weight is 349 g/mol. The Labute approximate surface area is 153 Å². The Kier molecular flexibility index (Phi) is 4.73. The van der Waals surface area contributed by atoms with E-state index >= 15 is 0 Å². The number of benzene rings is 2. The lowest BCUT2D eigenvalue weighted by atomic mass is 10.0. The average Bonchev–Trinajstić information content (AvgIpc) is 2.98. The van der Waals surface area contributed by atoms with Crippen molar-refractivity contribution in [2.75, 3.05) is 36.9 Å². The van der Waals surface area contributed by atoms with Gasteiger partial charge in [-0.1, -0.05) is 24.3 Å². The minimum absolute atomic E-state index is 0.0641. The Bertz CT molecular complexity index is 837. The molecule has 0 bridgehead atoms. The normalized spacial score (nSPS) is 18.7. The standard InChI is InChI=1S/C21H23N3O2/c1-15-3-2-4-19-20(15)18(21(25)23-19)13-22-17-7-5-16(6-8-17)14-24-9-11-26-12-10-24/h2-8,13,22H,9-12,14H2,1H3,(H,23,25). The van der Waals surface area contributed by atoms with Gasteiger partial charge in [0, 0.05) is 42.8 Å². The molecule has 5 heteroatoms. The van der Waals surface area contributed by atoms with Crippen molar-refractivity contribution in [1.82, 2.24) is 4.90 Å². The minimum atomic E-state index is -0.0641. The van der Waals surface area contributed by atoms with Crippen LogP contribution in [0.4, 0.5) is 11.4 Å². The summed E-state index contributed by atoms with van der Waals surface area (Å²) < 4.78 is 5.39. The molecule has 1 amide bonds. The first-order valence-electron chi connectivity index (χ1n) is 8.98. The smallest absolute Gasteiger partial charge is 0.257 e. The molecule has 2 aliphatic rings. The minimum Gasteiger partial charge on any atom is -0.379 e. The number of nitrogens with one attached hydrogen (secondary N) is 2. The molecule has 2 aromatic rings. The van der Waals surface area contributed by atoms with Crippen LogP contribution in [0.25, 0.3) is 5.57 Å². The summed E-state index contributed by atoms with van der Waals surface area (Å²) in [7, 11) is 0. The maximum Gasteiger partial charge on any atom is 0.257 e. The number of carbonyl (C=O) groups excluding carboxylic acids is 1. The van der Waals surface area contributed by atoms with E-state index in [0.717, 1.165) is 55.3 Å². The zero-order chi connectivity index (χ0) is 17.9. The second-order valence-corrected chi connectivity index (χ2v) is 6.74. The number of hydrogen-bond acceptors (Lipinski definition) is 4. The Morgan fingerprint density at radius 1 is 1.15 bits per heavy atom. The quantitative estimate of drug-likeness (QED) is 0.832. The van der Waals surface area contributed by atoms with Gasteiger partial charge in [0.1, 0.15) is 0 Å². The number of amides is 1. The van der Waals surface area contributed by atoms with Gasteiger partial charge in [-0.25, -0.2) is 0 Å². The van der Waals surface area contributed by atoms with Crippen LogP contribution < -0.4 is 10.6 Å². The molecule has 0 spiro atoms. The molecule has 0 radical (unpaired) electrons. The highest BCUT2D eigenvalue weighted by molar-refractivity contribution is 6.32. The van der Waals surface area contributed by atoms with Crippen molar-refractivity contribution in [2.24, 2.45) is 0 Å². The van der Waals surface area contributed by atoms with Crippen LogP contribution in [0.3, 0.4) is 0 Å². The summed E-state index contributed by atoms with van der Waals surface area (Å²) in [6, 6.07) is 14.3. The number of nitrogens with zero attached hydrogens (tertiary/aromatic N) is 1. The SMILES string of the molecule is Cc1cccc2c1C(=CNc1ccc(CN3CCOCC3)cc1)C(=O)N2. The van der Waals surface area contributed by atoms with E-state index in [9.17, 15) is 4.79 Å². The molecule has 5 nitrogen and oxygen atoms in total. The van der Waals surface area contributed by atoms with Crippen molar-refractivity contribution in [1.29, 1.82) is 0 Å². The summed E-state index contributed by atoms with van der Waals surface area (Å²) in [5.74, 6) is -0.0641. The van der Waals surface area contributed by atoms with Crippen molar-refractivity contribution >= 4 is 22.9 Å². The molecule has 0 saturated carbocycles. The van der Waals surface area contributed by atoms with E-state index in [-0.39, 0.29) is 5.91 Å². The highest BCUT2D eigenvalue weighted by atomic mass is 16.5. The summed E-state index contributed by atoms with van der Waals surface area (Å²) >= 11 is 0. The molecule has 134 valence electrons. The van der Waals surface area contributed by atoms with Gasteiger partial charge in [-0.3, -0.25) is 9.69 Å². The van der Waals surface area contributed by atoms with Crippen molar-refractivity contribution < 1.29 is 9.53 Å². The van der Waals surface area contributed by atoms with Crippen LogP contribution in [0.2, 0.25) is 0 Å². The van der Waals surface area contributed by atoms with Gasteiger partial charge in [0.25, 0.3) is 5.91 Å². The predicted molar refractivity (Wildman–Crippen MR) is 104 cm³/mol. The van der Waals surface area contributed by atoms with E-state index in [2.05, 4.69) is 39.8 Å². The number of fused-ring (bicyclic) bond motifs is 1. The highest BCUT2D eigenvalue weighted by Gasteiger charge is 2.25. The van der Waals surface area contributed by atoms with Crippen LogP contribution in [-0.2, 0) is 16.1 Å². The lowest BCUT2D eigenvalue weighted by Crippen LogP contribution is -2.35. The molecular formula is C21H23N3O2. The molecule has 1 saturated heterocycles. The molecule has 0 aliphatic carbocycles. The Hall–Kier alpha value is -2.63. The molecule has 2 N–H and O–H groups in total. The number of rotatable bonds is 4. The second kappa shape index (κ2) is 7.32. The maximum atomic E-state index is 12.2. The molecule has 2 heterocycles. The number of hydrogen-bond donors (Lipinski definition) is 2. The third kappa shape index (κ3) is 3.49. The van der Waals surface area contributed by atoms with E-state index < -0.39 is 0 Å². The third-order valence-electron chi connectivity index (χ3n) is 4.88. The lowest BCUT2D eigenvalue weighted by molar-refractivity contribution is -0.110. The van der Waals surface area contributed by atoms with E-state index in [1.54, 1.807) is 6.20 Å². The van der Waals surface area contributed by atoms with Crippen molar-refractivity contribution in [3.8, 4) is 0 Å². The number of anilines is 2. The van der Waals surface area contributed by atoms with Gasteiger partial charge in [-0.05, 0) is 36.2 Å². The van der Waals surface area contributed by atoms with Gasteiger partial charge in [-0.15, -0.1) is 0 Å². The fraction of sp³-hybridized carbons (Fsp3) is 0.286. The Morgan fingerprint density at radius 2 is 1.92 bits per heavy atom. The third-order valence-corrected chi connectivity index (χ3v) is 4.88. The van der Waals surface area contributed by atoms with E-state index in [4.69, 9.17) is 4.74 Å². The number of carbonyl (C=O) groups is 1. The molecule has 2 aromatic carbocycles. The number of aryl methyl sites for hydroxylation is 1. The zero-order valence-electron chi connectivity index (χ0n) is 14.9. The summed E-state index contributed by atoms with van der Waals surface area (Å²) in [5.41, 5.74) is 5.88.